The van der Waals surface area contributed by atoms with E-state index in [1.54, 1.807) is 18.6 Å². The first-order valence-electron chi connectivity index (χ1n) is 6.78. The summed E-state index contributed by atoms with van der Waals surface area (Å²) in [5.74, 6) is 0.616. The maximum absolute atomic E-state index is 11.8. The van der Waals surface area contributed by atoms with Crippen LogP contribution < -0.4 is 5.32 Å². The molecule has 0 radical (unpaired) electrons. The Labute approximate surface area is 118 Å². The zero-order valence-corrected chi connectivity index (χ0v) is 11.5. The van der Waals surface area contributed by atoms with Crippen LogP contribution in [0.4, 0.5) is 0 Å². The van der Waals surface area contributed by atoms with Gasteiger partial charge in [0.25, 0.3) is 5.91 Å². The van der Waals surface area contributed by atoms with Gasteiger partial charge in [-0.25, -0.2) is 9.97 Å². The summed E-state index contributed by atoms with van der Waals surface area (Å²) < 4.78 is 0. The summed E-state index contributed by atoms with van der Waals surface area (Å²) in [6, 6.07) is 5.85. The number of carbonyl (C=O) groups is 1. The Balaban J connectivity index is 1.74. The number of hydrogen-bond donors (Lipinski definition) is 1. The van der Waals surface area contributed by atoms with Crippen LogP contribution in [-0.4, -0.2) is 27.4 Å². The van der Waals surface area contributed by atoms with Crippen molar-refractivity contribution in [3.63, 3.8) is 0 Å². The molecule has 0 saturated carbocycles. The second-order valence-corrected chi connectivity index (χ2v) is 4.42. The highest BCUT2D eigenvalue weighted by Gasteiger charge is 2.06. The van der Waals surface area contributed by atoms with Crippen LogP contribution in [0.1, 0.15) is 35.2 Å². The van der Waals surface area contributed by atoms with E-state index < -0.39 is 0 Å². The smallest absolute Gasteiger partial charge is 0.254 e. The van der Waals surface area contributed by atoms with Gasteiger partial charge in [0.05, 0.1) is 5.56 Å². The molecule has 1 amide bonds. The summed E-state index contributed by atoms with van der Waals surface area (Å²) >= 11 is 0. The number of nitrogens with one attached hydrogen (secondary N) is 1. The molecule has 0 bridgehead atoms. The first-order chi connectivity index (χ1) is 9.79. The molecule has 20 heavy (non-hydrogen) atoms. The number of carbonyl (C=O) groups excluding carboxylic acids is 1. The molecule has 0 atom stereocenters. The van der Waals surface area contributed by atoms with Crippen LogP contribution in [0.3, 0.4) is 0 Å². The molecule has 0 aliphatic carbocycles. The zero-order valence-electron chi connectivity index (χ0n) is 11.5. The molecule has 104 valence electrons. The van der Waals surface area contributed by atoms with Gasteiger partial charge in [-0.1, -0.05) is 13.0 Å². The van der Waals surface area contributed by atoms with Gasteiger partial charge >= 0.3 is 0 Å². The molecule has 0 unspecified atom stereocenters. The molecule has 2 aromatic heterocycles. The minimum Gasteiger partial charge on any atom is -0.352 e. The number of hydrogen-bond acceptors (Lipinski definition) is 4. The molecule has 0 aliphatic rings. The van der Waals surface area contributed by atoms with E-state index in [0.717, 1.165) is 30.8 Å². The van der Waals surface area contributed by atoms with Gasteiger partial charge < -0.3 is 5.32 Å². The lowest BCUT2D eigenvalue weighted by Gasteiger charge is -2.05. The van der Waals surface area contributed by atoms with Crippen LogP contribution in [0.5, 0.6) is 0 Å². The predicted octanol–water partition coefficient (Wildman–Crippen LogP) is 1.80. The third-order valence-electron chi connectivity index (χ3n) is 2.91. The van der Waals surface area contributed by atoms with Crippen molar-refractivity contribution in [1.29, 1.82) is 0 Å². The van der Waals surface area contributed by atoms with Gasteiger partial charge in [0.1, 0.15) is 5.82 Å². The summed E-state index contributed by atoms with van der Waals surface area (Å²) in [6.45, 7) is 2.59. The van der Waals surface area contributed by atoms with E-state index >= 15 is 0 Å². The van der Waals surface area contributed by atoms with Gasteiger partial charge in [-0.2, -0.15) is 0 Å². The lowest BCUT2D eigenvalue weighted by molar-refractivity contribution is 0.0952. The Kier molecular flexibility index (Phi) is 5.17. The van der Waals surface area contributed by atoms with Gasteiger partial charge in [-0.3, -0.25) is 9.78 Å². The average Bonchev–Trinajstić information content (AvgIpc) is 2.52. The predicted molar refractivity (Wildman–Crippen MR) is 76.3 cm³/mol. The number of aromatic nitrogens is 3. The van der Waals surface area contributed by atoms with E-state index in [0.29, 0.717) is 12.1 Å². The van der Waals surface area contributed by atoms with E-state index in [-0.39, 0.29) is 5.91 Å². The van der Waals surface area contributed by atoms with Crippen LogP contribution in [0.15, 0.2) is 36.8 Å². The van der Waals surface area contributed by atoms with Gasteiger partial charge in [0, 0.05) is 37.3 Å². The molecule has 2 heterocycles. The number of rotatable bonds is 6. The Morgan fingerprint density at radius 3 is 2.65 bits per heavy atom. The third-order valence-corrected chi connectivity index (χ3v) is 2.91. The Bertz CT molecular complexity index is 540. The molecule has 0 aliphatic heterocycles. The number of nitrogens with zero attached hydrogens (tertiary/aromatic N) is 3. The first-order valence-corrected chi connectivity index (χ1v) is 6.78. The summed E-state index contributed by atoms with van der Waals surface area (Å²) in [5.41, 5.74) is 1.54. The quantitative estimate of drug-likeness (QED) is 0.813. The van der Waals surface area contributed by atoms with Crippen molar-refractivity contribution < 1.29 is 4.79 Å². The van der Waals surface area contributed by atoms with Crippen molar-refractivity contribution in [2.45, 2.75) is 26.2 Å². The molecular weight excluding hydrogens is 252 g/mol. The summed E-state index contributed by atoms with van der Waals surface area (Å²) in [5, 5.41) is 2.86. The second-order valence-electron chi connectivity index (χ2n) is 4.42. The van der Waals surface area contributed by atoms with Crippen LogP contribution in [-0.2, 0) is 12.8 Å². The van der Waals surface area contributed by atoms with Crippen LogP contribution in [0, 0.1) is 0 Å². The fraction of sp³-hybridized carbons (Fsp3) is 0.333. The Hall–Kier alpha value is -2.30. The molecule has 1 N–H and O–H groups in total. The second kappa shape index (κ2) is 7.33. The molecular formula is C15H18N4O. The van der Waals surface area contributed by atoms with Crippen molar-refractivity contribution in [2.24, 2.45) is 0 Å². The minimum atomic E-state index is -0.131. The SMILES string of the molecule is CCc1ncc(C(=O)NCCCc2ccccn2)cn1. The van der Waals surface area contributed by atoms with Crippen LogP contribution in [0.25, 0.3) is 0 Å². The topological polar surface area (TPSA) is 67.8 Å². The highest BCUT2D eigenvalue weighted by molar-refractivity contribution is 5.93. The largest absolute Gasteiger partial charge is 0.352 e. The van der Waals surface area contributed by atoms with Crippen LogP contribution >= 0.6 is 0 Å². The molecule has 5 nitrogen and oxygen atoms in total. The van der Waals surface area contributed by atoms with Crippen molar-refractivity contribution in [1.82, 2.24) is 20.3 Å². The van der Waals surface area contributed by atoms with Crippen molar-refractivity contribution >= 4 is 5.91 Å². The molecule has 2 rings (SSSR count). The number of aryl methyl sites for hydroxylation is 2. The van der Waals surface area contributed by atoms with Crippen molar-refractivity contribution in [3.8, 4) is 0 Å². The van der Waals surface area contributed by atoms with E-state index in [1.807, 2.05) is 25.1 Å². The van der Waals surface area contributed by atoms with Crippen molar-refractivity contribution in [2.75, 3.05) is 6.54 Å². The molecule has 0 aromatic carbocycles. The first kappa shape index (κ1) is 14.1. The standard InChI is InChI=1S/C15H18N4O/c1-2-14-18-10-12(11-19-14)15(20)17-9-5-7-13-6-3-4-8-16-13/h3-4,6,8,10-11H,2,5,7,9H2,1H3,(H,17,20). The summed E-state index contributed by atoms with van der Waals surface area (Å²) in [7, 11) is 0. The minimum absolute atomic E-state index is 0.131. The van der Waals surface area contributed by atoms with E-state index in [9.17, 15) is 4.79 Å². The normalized spacial score (nSPS) is 10.2. The summed E-state index contributed by atoms with van der Waals surface area (Å²) in [6.07, 6.45) is 7.40. The zero-order chi connectivity index (χ0) is 14.2. The lowest BCUT2D eigenvalue weighted by atomic mass is 10.2. The molecule has 5 heteroatoms. The fourth-order valence-electron chi connectivity index (χ4n) is 1.77. The molecule has 0 spiro atoms. The Morgan fingerprint density at radius 2 is 2.00 bits per heavy atom. The number of amides is 1. The van der Waals surface area contributed by atoms with Crippen molar-refractivity contribution in [3.05, 3.63) is 53.9 Å². The van der Waals surface area contributed by atoms with Gasteiger partial charge in [0.15, 0.2) is 0 Å². The monoisotopic (exact) mass is 270 g/mol. The average molecular weight is 270 g/mol. The van der Waals surface area contributed by atoms with E-state index in [4.69, 9.17) is 0 Å². The van der Waals surface area contributed by atoms with E-state index in [2.05, 4.69) is 20.3 Å². The fourth-order valence-corrected chi connectivity index (χ4v) is 1.77. The Morgan fingerprint density at radius 1 is 1.20 bits per heavy atom. The molecule has 0 saturated heterocycles. The van der Waals surface area contributed by atoms with Gasteiger partial charge in [0.2, 0.25) is 0 Å². The molecule has 0 fully saturated rings. The third kappa shape index (κ3) is 4.12. The lowest BCUT2D eigenvalue weighted by Crippen LogP contribution is -2.25. The van der Waals surface area contributed by atoms with Gasteiger partial charge in [-0.15, -0.1) is 0 Å². The van der Waals surface area contributed by atoms with Gasteiger partial charge in [-0.05, 0) is 25.0 Å². The van der Waals surface area contributed by atoms with E-state index in [1.165, 1.54) is 0 Å². The highest BCUT2D eigenvalue weighted by atomic mass is 16.1. The maximum atomic E-state index is 11.8. The van der Waals surface area contributed by atoms with Crippen LogP contribution in [0.2, 0.25) is 0 Å². The highest BCUT2D eigenvalue weighted by Crippen LogP contribution is 1.99. The maximum Gasteiger partial charge on any atom is 0.254 e. The molecule has 2 aromatic rings. The number of pyridine rings is 1. The summed E-state index contributed by atoms with van der Waals surface area (Å²) in [4.78, 5) is 24.3.